The molecule has 3 fully saturated rings. The van der Waals surface area contributed by atoms with Crippen LogP contribution in [0.5, 0.6) is 0 Å². The summed E-state index contributed by atoms with van der Waals surface area (Å²) < 4.78 is 13.1. The third-order valence-electron chi connectivity index (χ3n) is 6.04. The highest BCUT2D eigenvalue weighted by Gasteiger charge is 2.50. The van der Waals surface area contributed by atoms with Gasteiger partial charge in [-0.25, -0.2) is 4.39 Å². The largest absolute Gasteiger partial charge is 0.341 e. The van der Waals surface area contributed by atoms with Crippen molar-refractivity contribution < 1.29 is 14.0 Å². The second-order valence-electron chi connectivity index (χ2n) is 7.74. The summed E-state index contributed by atoms with van der Waals surface area (Å²) in [7, 11) is 0. The molecule has 1 aromatic rings. The van der Waals surface area contributed by atoms with Crippen LogP contribution in [-0.4, -0.2) is 52.4 Å². The van der Waals surface area contributed by atoms with E-state index in [0.717, 1.165) is 31.4 Å². The maximum Gasteiger partial charge on any atom is 0.230 e. The molecule has 1 spiro atoms. The summed E-state index contributed by atoms with van der Waals surface area (Å²) in [4.78, 5) is 33.4. The quantitative estimate of drug-likeness (QED) is 0.844. The number of amides is 2. The van der Waals surface area contributed by atoms with E-state index >= 15 is 0 Å². The van der Waals surface area contributed by atoms with Crippen LogP contribution in [0.2, 0.25) is 0 Å². The zero-order chi connectivity index (χ0) is 17.4. The smallest absolute Gasteiger partial charge is 0.230 e. The Morgan fingerprint density at radius 2 is 2.00 bits per heavy atom. The van der Waals surface area contributed by atoms with Crippen LogP contribution < -0.4 is 0 Å². The molecule has 0 N–H and O–H groups in total. The van der Waals surface area contributed by atoms with Gasteiger partial charge in [0.1, 0.15) is 6.17 Å². The Bertz CT molecular complexity index is 662. The molecular formula is C19H24FN3O2. The molecule has 1 atom stereocenters. The van der Waals surface area contributed by atoms with Crippen LogP contribution in [0.4, 0.5) is 4.39 Å². The molecule has 6 heteroatoms. The van der Waals surface area contributed by atoms with E-state index < -0.39 is 11.6 Å². The number of halogens is 1. The number of alkyl halides is 1. The number of nitrogens with zero attached hydrogens (tertiary/aromatic N) is 3. The molecule has 25 heavy (non-hydrogen) atoms. The standard InChI is InChI=1S/C19H24FN3O2/c20-16-10-15(11-16)17(24)23-8-1-4-19(13-23)5-9-22(18(19)25)12-14-2-6-21-7-3-14/h2-3,6-7,15-16H,1,4-5,8-13H2. The molecule has 4 rings (SSSR count). The molecule has 1 aromatic heterocycles. The Morgan fingerprint density at radius 3 is 2.72 bits per heavy atom. The third kappa shape index (κ3) is 3.02. The fourth-order valence-electron chi connectivity index (χ4n) is 4.46. The fraction of sp³-hybridized carbons (Fsp3) is 0.632. The number of hydrogen-bond donors (Lipinski definition) is 0. The molecule has 5 nitrogen and oxygen atoms in total. The van der Waals surface area contributed by atoms with Gasteiger partial charge in [-0.15, -0.1) is 0 Å². The Labute approximate surface area is 147 Å². The van der Waals surface area contributed by atoms with Gasteiger partial charge in [0.05, 0.1) is 5.41 Å². The summed E-state index contributed by atoms with van der Waals surface area (Å²) in [6.45, 7) is 2.54. The number of carbonyl (C=O) groups excluding carboxylic acids is 2. The Kier molecular flexibility index (Phi) is 4.21. The average molecular weight is 345 g/mol. The minimum absolute atomic E-state index is 0.0494. The number of likely N-dealkylation sites (tertiary alicyclic amines) is 2. The van der Waals surface area contributed by atoms with Crippen LogP contribution >= 0.6 is 0 Å². The van der Waals surface area contributed by atoms with Crippen molar-refractivity contribution in [3.8, 4) is 0 Å². The van der Waals surface area contributed by atoms with Crippen molar-refractivity contribution in [3.63, 3.8) is 0 Å². The van der Waals surface area contributed by atoms with E-state index in [9.17, 15) is 14.0 Å². The molecular weight excluding hydrogens is 321 g/mol. The molecule has 2 saturated heterocycles. The molecule has 134 valence electrons. The lowest BCUT2D eigenvalue weighted by Crippen LogP contribution is -2.52. The van der Waals surface area contributed by atoms with Crippen molar-refractivity contribution in [3.05, 3.63) is 30.1 Å². The highest BCUT2D eigenvalue weighted by atomic mass is 19.1. The lowest BCUT2D eigenvalue weighted by Gasteiger charge is -2.42. The van der Waals surface area contributed by atoms with Crippen LogP contribution in [0.3, 0.4) is 0 Å². The normalized spacial score (nSPS) is 32.1. The summed E-state index contributed by atoms with van der Waals surface area (Å²) >= 11 is 0. The number of piperidine rings is 1. The van der Waals surface area contributed by atoms with Gasteiger partial charge in [-0.1, -0.05) is 0 Å². The van der Waals surface area contributed by atoms with Gasteiger partial charge in [0.15, 0.2) is 0 Å². The number of carbonyl (C=O) groups is 2. The molecule has 0 aromatic carbocycles. The first-order valence-electron chi connectivity index (χ1n) is 9.18. The van der Waals surface area contributed by atoms with Crippen LogP contribution in [0.25, 0.3) is 0 Å². The van der Waals surface area contributed by atoms with Crippen molar-refractivity contribution in [2.45, 2.75) is 44.8 Å². The molecule has 1 unspecified atom stereocenters. The number of pyridine rings is 1. The maximum atomic E-state index is 13.1. The first-order valence-corrected chi connectivity index (χ1v) is 9.18. The Balaban J connectivity index is 1.43. The molecule has 0 radical (unpaired) electrons. The highest BCUT2D eigenvalue weighted by Crippen LogP contribution is 2.42. The van der Waals surface area contributed by atoms with E-state index in [2.05, 4.69) is 4.98 Å². The van der Waals surface area contributed by atoms with E-state index in [0.29, 0.717) is 32.5 Å². The molecule has 2 amide bonds. The van der Waals surface area contributed by atoms with E-state index in [4.69, 9.17) is 0 Å². The number of hydrogen-bond acceptors (Lipinski definition) is 3. The molecule has 1 aliphatic carbocycles. The third-order valence-corrected chi connectivity index (χ3v) is 6.04. The van der Waals surface area contributed by atoms with Gasteiger partial charge in [0.2, 0.25) is 11.8 Å². The van der Waals surface area contributed by atoms with E-state index in [1.807, 2.05) is 21.9 Å². The highest BCUT2D eigenvalue weighted by molar-refractivity contribution is 5.87. The minimum Gasteiger partial charge on any atom is -0.341 e. The summed E-state index contributed by atoms with van der Waals surface area (Å²) in [5.74, 6) is 0.0433. The first-order chi connectivity index (χ1) is 12.1. The van der Waals surface area contributed by atoms with E-state index in [-0.39, 0.29) is 17.7 Å². The van der Waals surface area contributed by atoms with Gasteiger partial charge in [-0.05, 0) is 49.8 Å². The second-order valence-corrected chi connectivity index (χ2v) is 7.74. The Morgan fingerprint density at radius 1 is 1.24 bits per heavy atom. The molecule has 3 aliphatic rings. The first kappa shape index (κ1) is 16.5. The van der Waals surface area contributed by atoms with Gasteiger partial charge >= 0.3 is 0 Å². The number of aromatic nitrogens is 1. The zero-order valence-electron chi connectivity index (χ0n) is 14.4. The number of rotatable bonds is 3. The lowest BCUT2D eigenvalue weighted by molar-refractivity contribution is -0.148. The van der Waals surface area contributed by atoms with Crippen molar-refractivity contribution >= 4 is 11.8 Å². The van der Waals surface area contributed by atoms with Gasteiger partial charge in [-0.3, -0.25) is 14.6 Å². The molecule has 2 aliphatic heterocycles. The van der Waals surface area contributed by atoms with Crippen molar-refractivity contribution in [1.29, 1.82) is 0 Å². The summed E-state index contributed by atoms with van der Waals surface area (Å²) in [5.41, 5.74) is 0.646. The van der Waals surface area contributed by atoms with Crippen LogP contribution in [0.1, 0.15) is 37.7 Å². The predicted octanol–water partition coefficient (Wildman–Crippen LogP) is 2.17. The summed E-state index contributed by atoms with van der Waals surface area (Å²) in [6, 6.07) is 3.86. The monoisotopic (exact) mass is 345 g/mol. The zero-order valence-corrected chi connectivity index (χ0v) is 14.4. The molecule has 0 bridgehead atoms. The maximum absolute atomic E-state index is 13.1. The molecule has 1 saturated carbocycles. The van der Waals surface area contributed by atoms with E-state index in [1.165, 1.54) is 0 Å². The van der Waals surface area contributed by atoms with Crippen LogP contribution in [0, 0.1) is 11.3 Å². The summed E-state index contributed by atoms with van der Waals surface area (Å²) in [5, 5.41) is 0. The predicted molar refractivity (Wildman–Crippen MR) is 90.1 cm³/mol. The van der Waals surface area contributed by atoms with Crippen molar-refractivity contribution in [1.82, 2.24) is 14.8 Å². The Hall–Kier alpha value is -1.98. The van der Waals surface area contributed by atoms with E-state index in [1.54, 1.807) is 12.4 Å². The van der Waals surface area contributed by atoms with Crippen molar-refractivity contribution in [2.75, 3.05) is 19.6 Å². The molecule has 3 heterocycles. The SMILES string of the molecule is O=C(C1CC(F)C1)N1CCCC2(CCN(Cc3ccncc3)C2=O)C1. The minimum atomic E-state index is -0.823. The lowest BCUT2D eigenvalue weighted by atomic mass is 9.76. The van der Waals surface area contributed by atoms with Gasteiger partial charge in [0, 0.05) is 44.5 Å². The summed E-state index contributed by atoms with van der Waals surface area (Å²) in [6.07, 6.45) is 5.86. The van der Waals surface area contributed by atoms with Gasteiger partial charge in [0.25, 0.3) is 0 Å². The van der Waals surface area contributed by atoms with Gasteiger partial charge < -0.3 is 9.80 Å². The van der Waals surface area contributed by atoms with Crippen molar-refractivity contribution in [2.24, 2.45) is 11.3 Å². The fourth-order valence-corrected chi connectivity index (χ4v) is 4.46. The van der Waals surface area contributed by atoms with Crippen LogP contribution in [-0.2, 0) is 16.1 Å². The second kappa shape index (κ2) is 6.39. The average Bonchev–Trinajstić information content (AvgIpc) is 2.89. The topological polar surface area (TPSA) is 53.5 Å². The van der Waals surface area contributed by atoms with Crippen LogP contribution in [0.15, 0.2) is 24.5 Å². The van der Waals surface area contributed by atoms with Gasteiger partial charge in [-0.2, -0.15) is 0 Å².